The van der Waals surface area contributed by atoms with Gasteiger partial charge in [-0.2, -0.15) is 0 Å². The van der Waals surface area contributed by atoms with Gasteiger partial charge in [0.25, 0.3) is 0 Å². The number of hydrogen-bond donors (Lipinski definition) is 1. The summed E-state index contributed by atoms with van der Waals surface area (Å²) in [6.07, 6.45) is 6.50. The summed E-state index contributed by atoms with van der Waals surface area (Å²) in [6, 6.07) is 10.8. The maximum Gasteiger partial charge on any atom is 0.222 e. The Kier molecular flexibility index (Phi) is 4.82. The minimum Gasteiger partial charge on any atom is -0.393 e. The number of carbonyl (C=O) groups excluding carboxylic acids is 1. The fraction of sp³-hybridized carbons (Fsp3) is 0.632. The third-order valence-electron chi connectivity index (χ3n) is 5.61. The van der Waals surface area contributed by atoms with Crippen LogP contribution in [-0.2, 0) is 11.2 Å². The summed E-state index contributed by atoms with van der Waals surface area (Å²) in [5, 5.41) is 9.71. The molecule has 2 aliphatic rings. The van der Waals surface area contributed by atoms with E-state index in [-0.39, 0.29) is 12.0 Å². The summed E-state index contributed by atoms with van der Waals surface area (Å²) in [5.74, 6) is 1.56. The van der Waals surface area contributed by atoms with Crippen LogP contribution in [0.25, 0.3) is 0 Å². The molecule has 0 heterocycles. The summed E-state index contributed by atoms with van der Waals surface area (Å²) in [6.45, 7) is 0. The van der Waals surface area contributed by atoms with Crippen molar-refractivity contribution in [3.63, 3.8) is 0 Å². The van der Waals surface area contributed by atoms with Crippen LogP contribution < -0.4 is 0 Å². The maximum absolute atomic E-state index is 12.4. The first kappa shape index (κ1) is 15.5. The molecule has 1 aromatic carbocycles. The van der Waals surface area contributed by atoms with Crippen LogP contribution in [-0.4, -0.2) is 35.1 Å². The molecule has 0 radical (unpaired) electrons. The molecule has 0 saturated heterocycles. The van der Waals surface area contributed by atoms with Crippen molar-refractivity contribution < 1.29 is 9.90 Å². The molecule has 1 N–H and O–H groups in total. The molecule has 0 bridgehead atoms. The first-order valence-corrected chi connectivity index (χ1v) is 8.61. The van der Waals surface area contributed by atoms with Crippen LogP contribution in [0, 0.1) is 11.8 Å². The van der Waals surface area contributed by atoms with E-state index in [9.17, 15) is 9.90 Å². The molecule has 2 fully saturated rings. The van der Waals surface area contributed by atoms with E-state index in [4.69, 9.17) is 0 Å². The number of aliphatic hydroxyl groups excluding tert-OH is 1. The van der Waals surface area contributed by atoms with Crippen LogP contribution >= 0.6 is 0 Å². The van der Waals surface area contributed by atoms with Crippen LogP contribution in [0.2, 0.25) is 0 Å². The van der Waals surface area contributed by atoms with Gasteiger partial charge in [0.05, 0.1) is 6.10 Å². The number of benzene rings is 1. The van der Waals surface area contributed by atoms with Crippen molar-refractivity contribution in [2.45, 2.75) is 57.1 Å². The molecule has 2 aliphatic carbocycles. The number of nitrogens with zero attached hydrogens (tertiary/aromatic N) is 1. The lowest BCUT2D eigenvalue weighted by atomic mass is 10.0. The van der Waals surface area contributed by atoms with Gasteiger partial charge in [0, 0.05) is 19.5 Å². The molecule has 2 saturated carbocycles. The lowest BCUT2D eigenvalue weighted by molar-refractivity contribution is -0.132. The molecule has 3 nitrogen and oxygen atoms in total. The highest BCUT2D eigenvalue weighted by molar-refractivity contribution is 5.76. The topological polar surface area (TPSA) is 40.5 Å². The van der Waals surface area contributed by atoms with Gasteiger partial charge in [-0.1, -0.05) is 30.3 Å². The number of aryl methyl sites for hydroxylation is 1. The monoisotopic (exact) mass is 301 g/mol. The first-order chi connectivity index (χ1) is 10.6. The van der Waals surface area contributed by atoms with Gasteiger partial charge < -0.3 is 10.0 Å². The molecule has 22 heavy (non-hydrogen) atoms. The third kappa shape index (κ3) is 3.52. The van der Waals surface area contributed by atoms with Gasteiger partial charge in [-0.05, 0) is 55.9 Å². The second-order valence-electron chi connectivity index (χ2n) is 7.11. The summed E-state index contributed by atoms with van der Waals surface area (Å²) >= 11 is 0. The van der Waals surface area contributed by atoms with E-state index in [1.807, 2.05) is 18.0 Å². The Morgan fingerprint density at radius 3 is 2.41 bits per heavy atom. The first-order valence-electron chi connectivity index (χ1n) is 8.61. The molecular weight excluding hydrogens is 274 g/mol. The van der Waals surface area contributed by atoms with Crippen molar-refractivity contribution in [3.05, 3.63) is 35.9 Å². The average molecular weight is 301 g/mol. The van der Waals surface area contributed by atoms with E-state index in [1.165, 1.54) is 5.56 Å². The van der Waals surface area contributed by atoms with Gasteiger partial charge in [0.2, 0.25) is 5.91 Å². The van der Waals surface area contributed by atoms with E-state index in [1.54, 1.807) is 0 Å². The maximum atomic E-state index is 12.4. The number of carbonyl (C=O) groups is 1. The SMILES string of the molecule is CN(C(=O)CCCc1ccccc1)C1C[C@H]2CC(O)C[C@H]2C1. The molecule has 2 unspecified atom stereocenters. The summed E-state index contributed by atoms with van der Waals surface area (Å²) in [5.41, 5.74) is 1.31. The molecule has 0 aromatic heterocycles. The zero-order valence-corrected chi connectivity index (χ0v) is 13.4. The molecule has 0 aliphatic heterocycles. The quantitative estimate of drug-likeness (QED) is 0.908. The van der Waals surface area contributed by atoms with Crippen molar-refractivity contribution >= 4 is 5.91 Å². The zero-order chi connectivity index (χ0) is 15.5. The van der Waals surface area contributed by atoms with Gasteiger partial charge in [-0.15, -0.1) is 0 Å². The van der Waals surface area contributed by atoms with Crippen molar-refractivity contribution in [3.8, 4) is 0 Å². The lowest BCUT2D eigenvalue weighted by Gasteiger charge is -2.25. The van der Waals surface area contributed by atoms with Gasteiger partial charge in [-0.25, -0.2) is 0 Å². The van der Waals surface area contributed by atoms with Crippen LogP contribution in [0.1, 0.15) is 44.1 Å². The largest absolute Gasteiger partial charge is 0.393 e. The Hall–Kier alpha value is -1.35. The minimum atomic E-state index is -0.0946. The van der Waals surface area contributed by atoms with E-state index < -0.39 is 0 Å². The molecule has 120 valence electrons. The Morgan fingerprint density at radius 2 is 1.77 bits per heavy atom. The summed E-state index contributed by atoms with van der Waals surface area (Å²) in [4.78, 5) is 14.4. The Labute approximate surface area is 133 Å². The second kappa shape index (κ2) is 6.82. The number of rotatable bonds is 5. The summed E-state index contributed by atoms with van der Waals surface area (Å²) in [7, 11) is 1.97. The van der Waals surface area contributed by atoms with E-state index in [2.05, 4.69) is 24.3 Å². The summed E-state index contributed by atoms with van der Waals surface area (Å²) < 4.78 is 0. The minimum absolute atomic E-state index is 0.0946. The van der Waals surface area contributed by atoms with Crippen LogP contribution in [0.15, 0.2) is 30.3 Å². The van der Waals surface area contributed by atoms with E-state index in [0.29, 0.717) is 24.3 Å². The van der Waals surface area contributed by atoms with Gasteiger partial charge in [0.15, 0.2) is 0 Å². The van der Waals surface area contributed by atoms with Gasteiger partial charge in [0.1, 0.15) is 0 Å². The third-order valence-corrected chi connectivity index (χ3v) is 5.61. The van der Waals surface area contributed by atoms with E-state index in [0.717, 1.165) is 38.5 Å². The van der Waals surface area contributed by atoms with Gasteiger partial charge >= 0.3 is 0 Å². The fourth-order valence-corrected chi connectivity index (χ4v) is 4.34. The average Bonchev–Trinajstić information content (AvgIpc) is 3.04. The lowest BCUT2D eigenvalue weighted by Crippen LogP contribution is -2.35. The normalized spacial score (nSPS) is 30.3. The fourth-order valence-electron chi connectivity index (χ4n) is 4.34. The highest BCUT2D eigenvalue weighted by Crippen LogP contribution is 2.45. The van der Waals surface area contributed by atoms with Crippen LogP contribution in [0.5, 0.6) is 0 Å². The van der Waals surface area contributed by atoms with Crippen molar-refractivity contribution in [2.75, 3.05) is 7.05 Å². The standard InChI is InChI=1S/C19H27NO2/c1-20(17-10-15-12-18(21)13-16(15)11-17)19(22)9-5-8-14-6-3-2-4-7-14/h2-4,6-7,15-18,21H,5,8-13H2,1H3/t15-,16+,17?,18?. The Morgan fingerprint density at radius 1 is 1.14 bits per heavy atom. The number of fused-ring (bicyclic) bond motifs is 1. The van der Waals surface area contributed by atoms with Crippen molar-refractivity contribution in [2.24, 2.45) is 11.8 Å². The molecule has 3 heteroatoms. The smallest absolute Gasteiger partial charge is 0.222 e. The van der Waals surface area contributed by atoms with Crippen molar-refractivity contribution in [1.29, 1.82) is 0 Å². The van der Waals surface area contributed by atoms with Crippen LogP contribution in [0.3, 0.4) is 0 Å². The Balaban J connectivity index is 1.43. The number of hydrogen-bond acceptors (Lipinski definition) is 2. The van der Waals surface area contributed by atoms with Crippen LogP contribution in [0.4, 0.5) is 0 Å². The predicted octanol–water partition coefficient (Wildman–Crippen LogP) is 3.02. The highest BCUT2D eigenvalue weighted by atomic mass is 16.3. The second-order valence-corrected chi connectivity index (χ2v) is 7.11. The number of aliphatic hydroxyl groups is 1. The molecule has 1 amide bonds. The molecule has 3 rings (SSSR count). The molecule has 1 aromatic rings. The zero-order valence-electron chi connectivity index (χ0n) is 13.4. The Bertz CT molecular complexity index is 487. The van der Waals surface area contributed by atoms with Crippen molar-refractivity contribution in [1.82, 2.24) is 4.90 Å². The highest BCUT2D eigenvalue weighted by Gasteiger charge is 2.42. The molecule has 4 atom stereocenters. The molecule has 0 spiro atoms. The number of amides is 1. The van der Waals surface area contributed by atoms with Gasteiger partial charge in [-0.3, -0.25) is 4.79 Å². The predicted molar refractivity (Wildman–Crippen MR) is 87.4 cm³/mol. The molecular formula is C19H27NO2. The van der Waals surface area contributed by atoms with E-state index >= 15 is 0 Å².